The van der Waals surface area contributed by atoms with E-state index >= 15 is 0 Å². The number of nitrogens with zero attached hydrogens (tertiary/aromatic N) is 3. The van der Waals surface area contributed by atoms with E-state index in [2.05, 4.69) is 10.1 Å². The molecule has 0 saturated heterocycles. The average Bonchev–Trinajstić information content (AvgIpc) is 2.98. The van der Waals surface area contributed by atoms with Crippen LogP contribution in [0.2, 0.25) is 0 Å². The van der Waals surface area contributed by atoms with Crippen molar-refractivity contribution in [2.75, 3.05) is 7.11 Å². The lowest BCUT2D eigenvalue weighted by atomic mass is 10.1. The highest BCUT2D eigenvalue weighted by atomic mass is 16.5. The molecular formula is C19H15N3O2. The number of benzene rings is 1. The van der Waals surface area contributed by atoms with Gasteiger partial charge in [0.2, 0.25) is 0 Å². The molecule has 0 bridgehead atoms. The maximum absolute atomic E-state index is 12.2. The maximum atomic E-state index is 12.2. The highest BCUT2D eigenvalue weighted by Gasteiger charge is 2.20. The van der Waals surface area contributed by atoms with Crippen LogP contribution in [0.4, 0.5) is 0 Å². The first-order chi connectivity index (χ1) is 11.8. The van der Waals surface area contributed by atoms with Gasteiger partial charge in [0.25, 0.3) is 0 Å². The molecule has 5 heteroatoms. The van der Waals surface area contributed by atoms with Crippen LogP contribution in [-0.2, 0) is 11.2 Å². The number of fused-ring (bicyclic) bond motifs is 2. The van der Waals surface area contributed by atoms with E-state index in [-0.39, 0.29) is 5.97 Å². The number of rotatable bonds is 3. The van der Waals surface area contributed by atoms with Crippen molar-refractivity contribution in [3.05, 3.63) is 77.9 Å². The third-order valence-electron chi connectivity index (χ3n) is 4.04. The van der Waals surface area contributed by atoms with E-state index in [9.17, 15) is 4.79 Å². The summed E-state index contributed by atoms with van der Waals surface area (Å²) in [4.78, 5) is 16.7. The fourth-order valence-electron chi connectivity index (χ4n) is 2.89. The zero-order chi connectivity index (χ0) is 16.5. The van der Waals surface area contributed by atoms with Gasteiger partial charge in [0, 0.05) is 29.9 Å². The molecule has 0 saturated carbocycles. The second kappa shape index (κ2) is 5.77. The first kappa shape index (κ1) is 14.4. The van der Waals surface area contributed by atoms with Crippen LogP contribution >= 0.6 is 0 Å². The summed E-state index contributed by atoms with van der Waals surface area (Å²) < 4.78 is 6.64. The zero-order valence-corrected chi connectivity index (χ0v) is 13.1. The fourth-order valence-corrected chi connectivity index (χ4v) is 2.89. The van der Waals surface area contributed by atoms with Gasteiger partial charge in [-0.2, -0.15) is 5.10 Å². The summed E-state index contributed by atoms with van der Waals surface area (Å²) in [5.41, 5.74) is 2.76. The Bertz CT molecular complexity index is 1050. The number of carbonyl (C=O) groups excluding carboxylic acids is 1. The van der Waals surface area contributed by atoms with E-state index in [0.717, 1.165) is 22.0 Å². The van der Waals surface area contributed by atoms with Crippen LogP contribution in [0.1, 0.15) is 21.7 Å². The van der Waals surface area contributed by atoms with Crippen LogP contribution in [0.25, 0.3) is 16.3 Å². The van der Waals surface area contributed by atoms with Crippen LogP contribution in [0.5, 0.6) is 0 Å². The highest BCUT2D eigenvalue weighted by molar-refractivity contribution is 5.98. The zero-order valence-electron chi connectivity index (χ0n) is 13.1. The second-order valence-electron chi connectivity index (χ2n) is 5.54. The monoisotopic (exact) mass is 317 g/mol. The lowest BCUT2D eigenvalue weighted by Crippen LogP contribution is -2.05. The summed E-state index contributed by atoms with van der Waals surface area (Å²) in [5.74, 6) is -0.382. The quantitative estimate of drug-likeness (QED) is 0.544. The van der Waals surface area contributed by atoms with Crippen molar-refractivity contribution in [1.82, 2.24) is 14.6 Å². The average molecular weight is 317 g/mol. The third-order valence-corrected chi connectivity index (χ3v) is 4.04. The molecule has 0 unspecified atom stereocenters. The molecule has 0 fully saturated rings. The van der Waals surface area contributed by atoms with Gasteiger partial charge in [-0.15, -0.1) is 0 Å². The minimum Gasteiger partial charge on any atom is -0.465 e. The number of hydrogen-bond donors (Lipinski definition) is 0. The summed E-state index contributed by atoms with van der Waals surface area (Å²) in [7, 11) is 1.38. The van der Waals surface area contributed by atoms with Crippen molar-refractivity contribution in [1.29, 1.82) is 0 Å². The molecule has 3 aromatic heterocycles. The van der Waals surface area contributed by atoms with Crippen LogP contribution in [0, 0.1) is 0 Å². The van der Waals surface area contributed by atoms with E-state index in [0.29, 0.717) is 17.7 Å². The molecule has 0 aliphatic heterocycles. The van der Waals surface area contributed by atoms with E-state index < -0.39 is 0 Å². The Morgan fingerprint density at radius 3 is 2.75 bits per heavy atom. The van der Waals surface area contributed by atoms with Gasteiger partial charge in [0.05, 0.1) is 18.3 Å². The van der Waals surface area contributed by atoms with E-state index in [1.807, 2.05) is 60.9 Å². The van der Waals surface area contributed by atoms with Gasteiger partial charge in [-0.1, -0.05) is 30.3 Å². The Morgan fingerprint density at radius 1 is 1.12 bits per heavy atom. The molecule has 0 spiro atoms. The molecule has 0 aliphatic rings. The first-order valence-electron chi connectivity index (χ1n) is 7.64. The van der Waals surface area contributed by atoms with Crippen molar-refractivity contribution in [2.24, 2.45) is 0 Å². The van der Waals surface area contributed by atoms with Gasteiger partial charge in [0.15, 0.2) is 0 Å². The standard InChI is InChI=1S/C19H15N3O2/c1-24-19(23)18-16(21-22-9-5-4-8-17(18)22)11-15-10-13-6-2-3-7-14(13)12-20-15/h2-10,12H,11H2,1H3. The lowest BCUT2D eigenvalue weighted by Gasteiger charge is -2.03. The van der Waals surface area contributed by atoms with E-state index in [1.54, 1.807) is 4.52 Å². The van der Waals surface area contributed by atoms with Gasteiger partial charge in [0.1, 0.15) is 5.56 Å². The molecular weight excluding hydrogens is 302 g/mol. The number of methoxy groups -OCH3 is 1. The summed E-state index contributed by atoms with van der Waals surface area (Å²) in [6.45, 7) is 0. The Balaban J connectivity index is 1.81. The minimum atomic E-state index is -0.382. The summed E-state index contributed by atoms with van der Waals surface area (Å²) in [6, 6.07) is 15.7. The molecule has 4 rings (SSSR count). The van der Waals surface area contributed by atoms with Crippen molar-refractivity contribution in [3.63, 3.8) is 0 Å². The lowest BCUT2D eigenvalue weighted by molar-refractivity contribution is 0.0602. The van der Waals surface area contributed by atoms with E-state index in [4.69, 9.17) is 4.74 Å². The summed E-state index contributed by atoms with van der Waals surface area (Å²) in [5, 5.41) is 6.74. The smallest absolute Gasteiger partial charge is 0.342 e. The first-order valence-corrected chi connectivity index (χ1v) is 7.64. The Hall–Kier alpha value is -3.21. The molecule has 118 valence electrons. The predicted octanol–water partition coefficient (Wildman–Crippen LogP) is 3.26. The number of ether oxygens (including phenoxy) is 1. The molecule has 0 radical (unpaired) electrons. The van der Waals surface area contributed by atoms with Crippen molar-refractivity contribution < 1.29 is 9.53 Å². The topological polar surface area (TPSA) is 56.5 Å². The Kier molecular flexibility index (Phi) is 3.46. The molecule has 3 heterocycles. The van der Waals surface area contributed by atoms with Gasteiger partial charge < -0.3 is 4.74 Å². The van der Waals surface area contributed by atoms with Gasteiger partial charge >= 0.3 is 5.97 Å². The summed E-state index contributed by atoms with van der Waals surface area (Å²) >= 11 is 0. The van der Waals surface area contributed by atoms with Crippen LogP contribution in [0.15, 0.2) is 60.9 Å². The molecule has 24 heavy (non-hydrogen) atoms. The van der Waals surface area contributed by atoms with Gasteiger partial charge in [-0.3, -0.25) is 4.98 Å². The molecule has 4 aromatic rings. The predicted molar refractivity (Wildman–Crippen MR) is 91.1 cm³/mol. The van der Waals surface area contributed by atoms with Crippen LogP contribution < -0.4 is 0 Å². The van der Waals surface area contributed by atoms with Crippen LogP contribution in [0.3, 0.4) is 0 Å². The second-order valence-corrected chi connectivity index (χ2v) is 5.54. The molecule has 0 N–H and O–H groups in total. The Morgan fingerprint density at radius 2 is 1.92 bits per heavy atom. The third kappa shape index (κ3) is 2.40. The number of carbonyl (C=O) groups is 1. The maximum Gasteiger partial charge on any atom is 0.342 e. The number of aromatic nitrogens is 3. The van der Waals surface area contributed by atoms with Crippen molar-refractivity contribution in [3.8, 4) is 0 Å². The van der Waals surface area contributed by atoms with Crippen molar-refractivity contribution >= 4 is 22.3 Å². The Labute approximate surface area is 138 Å². The highest BCUT2D eigenvalue weighted by Crippen LogP contribution is 2.21. The fraction of sp³-hybridized carbons (Fsp3) is 0.105. The van der Waals surface area contributed by atoms with E-state index in [1.165, 1.54) is 7.11 Å². The number of pyridine rings is 2. The minimum absolute atomic E-state index is 0.382. The van der Waals surface area contributed by atoms with Crippen molar-refractivity contribution in [2.45, 2.75) is 6.42 Å². The molecule has 0 aliphatic carbocycles. The normalized spacial score (nSPS) is 11.0. The largest absolute Gasteiger partial charge is 0.465 e. The molecule has 0 amide bonds. The molecule has 0 atom stereocenters. The SMILES string of the molecule is COC(=O)c1c(Cc2cc3ccccc3cn2)nn2ccccc12. The van der Waals surface area contributed by atoms with Gasteiger partial charge in [-0.05, 0) is 23.6 Å². The van der Waals surface area contributed by atoms with Gasteiger partial charge in [-0.25, -0.2) is 9.31 Å². The van der Waals surface area contributed by atoms with Crippen LogP contribution in [-0.4, -0.2) is 27.7 Å². The molecule has 5 nitrogen and oxygen atoms in total. The number of hydrogen-bond acceptors (Lipinski definition) is 4. The number of esters is 1. The molecule has 1 aromatic carbocycles. The summed E-state index contributed by atoms with van der Waals surface area (Å²) in [6.07, 6.45) is 4.13.